The molecule has 8 heteroatoms. The minimum atomic E-state index is -3.55. The van der Waals surface area contributed by atoms with Crippen molar-refractivity contribution < 1.29 is 22.7 Å². The molecule has 2 aromatic rings. The Morgan fingerprint density at radius 2 is 2.04 bits per heavy atom. The fraction of sp³-hybridized carbons (Fsp3) is 0.278. The fourth-order valence-electron chi connectivity index (χ4n) is 2.74. The molecule has 0 spiro atoms. The Labute approximate surface area is 152 Å². The van der Waals surface area contributed by atoms with Crippen molar-refractivity contribution in [1.82, 2.24) is 0 Å². The van der Waals surface area contributed by atoms with E-state index in [0.29, 0.717) is 22.9 Å². The summed E-state index contributed by atoms with van der Waals surface area (Å²) in [6.45, 7) is 1.77. The maximum Gasteiger partial charge on any atom is 0.267 e. The van der Waals surface area contributed by atoms with E-state index >= 15 is 0 Å². The van der Waals surface area contributed by atoms with Crippen LogP contribution in [0.15, 0.2) is 42.5 Å². The molecule has 1 N–H and O–H groups in total. The number of benzene rings is 2. The predicted molar refractivity (Wildman–Crippen MR) is 99.4 cm³/mol. The third kappa shape index (κ3) is 3.75. The first-order chi connectivity index (χ1) is 12.3. The normalized spacial score (nSPS) is 16.4. The summed E-state index contributed by atoms with van der Waals surface area (Å²) in [6.07, 6.45) is 0.146. The zero-order chi connectivity index (χ0) is 18.9. The monoisotopic (exact) mass is 376 g/mol. The topological polar surface area (TPSA) is 84.9 Å². The van der Waals surface area contributed by atoms with E-state index in [1.54, 1.807) is 36.4 Å². The first-order valence-corrected chi connectivity index (χ1v) is 9.82. The van der Waals surface area contributed by atoms with Crippen molar-refractivity contribution in [2.24, 2.45) is 0 Å². The van der Waals surface area contributed by atoms with E-state index in [0.717, 1.165) is 11.8 Å². The summed E-state index contributed by atoms with van der Waals surface area (Å²) in [7, 11) is -2.02. The Morgan fingerprint density at radius 3 is 2.73 bits per heavy atom. The van der Waals surface area contributed by atoms with Crippen LogP contribution in [0.3, 0.4) is 0 Å². The number of sulfonamides is 1. The Kier molecular flexibility index (Phi) is 4.78. The first-order valence-electron chi connectivity index (χ1n) is 7.98. The summed E-state index contributed by atoms with van der Waals surface area (Å²) in [5, 5.41) is 2.74. The number of carbonyl (C=O) groups is 1. The summed E-state index contributed by atoms with van der Waals surface area (Å²) < 4.78 is 36.5. The van der Waals surface area contributed by atoms with E-state index in [1.165, 1.54) is 11.4 Å². The van der Waals surface area contributed by atoms with Gasteiger partial charge in [0.25, 0.3) is 5.91 Å². The molecule has 1 aliphatic rings. The number of amides is 1. The lowest BCUT2D eigenvalue weighted by Gasteiger charge is -2.34. The van der Waals surface area contributed by atoms with E-state index in [1.807, 2.05) is 13.0 Å². The second-order valence-electron chi connectivity index (χ2n) is 6.09. The molecule has 1 amide bonds. The van der Waals surface area contributed by atoms with Gasteiger partial charge in [-0.15, -0.1) is 0 Å². The molecule has 0 saturated carbocycles. The van der Waals surface area contributed by atoms with Gasteiger partial charge in [-0.3, -0.25) is 9.10 Å². The van der Waals surface area contributed by atoms with Crippen LogP contribution < -0.4 is 19.1 Å². The highest BCUT2D eigenvalue weighted by Crippen LogP contribution is 2.36. The van der Waals surface area contributed by atoms with Crippen LogP contribution in [-0.4, -0.2) is 40.3 Å². The largest absolute Gasteiger partial charge is 0.497 e. The Balaban J connectivity index is 1.87. The highest BCUT2D eigenvalue weighted by Gasteiger charge is 2.35. The highest BCUT2D eigenvalue weighted by atomic mass is 32.2. The van der Waals surface area contributed by atoms with Gasteiger partial charge in [0.15, 0.2) is 6.10 Å². The number of carbonyl (C=O) groups excluding carboxylic acids is 1. The van der Waals surface area contributed by atoms with Crippen LogP contribution in [0, 0.1) is 6.92 Å². The number of methoxy groups -OCH3 is 1. The lowest BCUT2D eigenvalue weighted by molar-refractivity contribution is -0.122. The van der Waals surface area contributed by atoms with Crippen molar-refractivity contribution in [2.75, 3.05) is 29.5 Å². The number of nitrogens with one attached hydrogen (secondary N) is 1. The zero-order valence-electron chi connectivity index (χ0n) is 14.7. The van der Waals surface area contributed by atoms with Crippen LogP contribution >= 0.6 is 0 Å². The van der Waals surface area contributed by atoms with Gasteiger partial charge in [0.1, 0.15) is 11.5 Å². The van der Waals surface area contributed by atoms with Gasteiger partial charge >= 0.3 is 0 Å². The average molecular weight is 376 g/mol. The maximum atomic E-state index is 12.6. The summed E-state index contributed by atoms with van der Waals surface area (Å²) in [6, 6.07) is 12.1. The molecule has 0 saturated heterocycles. The molecule has 1 heterocycles. The number of hydrogen-bond acceptors (Lipinski definition) is 5. The SMILES string of the molecule is COc1cccc(NC(=O)C2CN(S(C)(=O)=O)c3cc(C)ccc3O2)c1. The molecule has 3 rings (SSSR count). The van der Waals surface area contributed by atoms with Crippen molar-refractivity contribution in [1.29, 1.82) is 0 Å². The molecule has 7 nitrogen and oxygen atoms in total. The molecule has 26 heavy (non-hydrogen) atoms. The Bertz CT molecular complexity index is 942. The highest BCUT2D eigenvalue weighted by molar-refractivity contribution is 7.92. The molecule has 0 aliphatic carbocycles. The first kappa shape index (κ1) is 18.1. The van der Waals surface area contributed by atoms with E-state index < -0.39 is 22.0 Å². The van der Waals surface area contributed by atoms with Crippen molar-refractivity contribution in [3.63, 3.8) is 0 Å². The average Bonchev–Trinajstić information content (AvgIpc) is 2.60. The number of rotatable bonds is 4. The number of ether oxygens (including phenoxy) is 2. The van der Waals surface area contributed by atoms with Gasteiger partial charge in [-0.2, -0.15) is 0 Å². The second-order valence-corrected chi connectivity index (χ2v) is 8.00. The molecule has 1 unspecified atom stereocenters. The van der Waals surface area contributed by atoms with E-state index in [9.17, 15) is 13.2 Å². The number of fused-ring (bicyclic) bond motifs is 1. The van der Waals surface area contributed by atoms with Crippen molar-refractivity contribution >= 4 is 27.3 Å². The molecule has 0 radical (unpaired) electrons. The third-order valence-electron chi connectivity index (χ3n) is 4.01. The molecule has 1 aliphatic heterocycles. The Hall–Kier alpha value is -2.74. The number of nitrogens with zero attached hydrogens (tertiary/aromatic N) is 1. The van der Waals surface area contributed by atoms with Crippen LogP contribution in [-0.2, 0) is 14.8 Å². The zero-order valence-corrected chi connectivity index (χ0v) is 15.5. The van der Waals surface area contributed by atoms with Crippen molar-refractivity contribution in [3.8, 4) is 11.5 Å². The molecular weight excluding hydrogens is 356 g/mol. The maximum absolute atomic E-state index is 12.6. The van der Waals surface area contributed by atoms with Gasteiger partial charge < -0.3 is 14.8 Å². The minimum Gasteiger partial charge on any atom is -0.497 e. The van der Waals surface area contributed by atoms with E-state index in [4.69, 9.17) is 9.47 Å². The van der Waals surface area contributed by atoms with Crippen LogP contribution in [0.25, 0.3) is 0 Å². The minimum absolute atomic E-state index is 0.0922. The van der Waals surface area contributed by atoms with Gasteiger partial charge in [0.05, 0.1) is 25.6 Å². The number of aryl methyl sites for hydroxylation is 1. The van der Waals surface area contributed by atoms with Gasteiger partial charge in [0, 0.05) is 11.8 Å². The molecule has 138 valence electrons. The van der Waals surface area contributed by atoms with Gasteiger partial charge in [-0.05, 0) is 36.8 Å². The van der Waals surface area contributed by atoms with Crippen LogP contribution in [0.4, 0.5) is 11.4 Å². The molecule has 0 aromatic heterocycles. The Morgan fingerprint density at radius 1 is 1.27 bits per heavy atom. The summed E-state index contributed by atoms with van der Waals surface area (Å²) >= 11 is 0. The molecule has 1 atom stereocenters. The summed E-state index contributed by atoms with van der Waals surface area (Å²) in [5.74, 6) is 0.530. The van der Waals surface area contributed by atoms with E-state index in [-0.39, 0.29) is 6.54 Å². The van der Waals surface area contributed by atoms with Crippen LogP contribution in [0.2, 0.25) is 0 Å². The van der Waals surface area contributed by atoms with E-state index in [2.05, 4.69) is 5.32 Å². The fourth-order valence-corrected chi connectivity index (χ4v) is 3.64. The number of hydrogen-bond donors (Lipinski definition) is 1. The summed E-state index contributed by atoms with van der Waals surface area (Å²) in [5.41, 5.74) is 1.89. The van der Waals surface area contributed by atoms with Crippen LogP contribution in [0.5, 0.6) is 11.5 Å². The lowest BCUT2D eigenvalue weighted by Crippen LogP contribution is -2.48. The molecule has 0 bridgehead atoms. The van der Waals surface area contributed by atoms with Gasteiger partial charge in [-0.1, -0.05) is 12.1 Å². The quantitative estimate of drug-likeness (QED) is 0.884. The lowest BCUT2D eigenvalue weighted by atomic mass is 10.1. The number of anilines is 2. The second kappa shape index (κ2) is 6.87. The molecular formula is C18H20N2O5S. The summed E-state index contributed by atoms with van der Waals surface area (Å²) in [4.78, 5) is 12.6. The van der Waals surface area contributed by atoms with Crippen molar-refractivity contribution in [3.05, 3.63) is 48.0 Å². The standard InChI is InChI=1S/C18H20N2O5S/c1-12-7-8-16-15(9-12)20(26(3,22)23)11-17(25-16)18(21)19-13-5-4-6-14(10-13)24-2/h4-10,17H,11H2,1-3H3,(H,19,21). The third-order valence-corrected chi connectivity index (χ3v) is 5.16. The van der Waals surface area contributed by atoms with Gasteiger partial charge in [0.2, 0.25) is 10.0 Å². The smallest absolute Gasteiger partial charge is 0.267 e. The van der Waals surface area contributed by atoms with Crippen LogP contribution in [0.1, 0.15) is 5.56 Å². The molecule has 2 aromatic carbocycles. The predicted octanol–water partition coefficient (Wildman–Crippen LogP) is 2.17. The van der Waals surface area contributed by atoms with Crippen molar-refractivity contribution in [2.45, 2.75) is 13.0 Å². The van der Waals surface area contributed by atoms with Gasteiger partial charge in [-0.25, -0.2) is 8.42 Å². The molecule has 0 fully saturated rings.